The minimum Gasteiger partial charge on any atom is -1.00 e. The van der Waals surface area contributed by atoms with Crippen molar-refractivity contribution >= 4 is 18.5 Å². The summed E-state index contributed by atoms with van der Waals surface area (Å²) in [6.07, 6.45) is 4.72. The van der Waals surface area contributed by atoms with Gasteiger partial charge < -0.3 is 34.6 Å². The molecule has 0 bridgehead atoms. The Bertz CT molecular complexity index is 306. The summed E-state index contributed by atoms with van der Waals surface area (Å²) in [5, 5.41) is 5.01. The van der Waals surface area contributed by atoms with Crippen LogP contribution in [0.3, 0.4) is 0 Å². The molecule has 0 unspecified atom stereocenters. The maximum Gasteiger partial charge on any atom is 0.223 e. The van der Waals surface area contributed by atoms with E-state index in [1.54, 1.807) is 29.1 Å². The van der Waals surface area contributed by atoms with Crippen LogP contribution in [-0.4, -0.2) is 12.8 Å². The first-order chi connectivity index (χ1) is 6.36. The molecule has 1 aromatic heterocycles. The van der Waals surface area contributed by atoms with Gasteiger partial charge in [0, 0.05) is 6.07 Å². The number of anilines is 1. The Morgan fingerprint density at radius 1 is 1.36 bits per heavy atom. The predicted octanol–water partition coefficient (Wildman–Crippen LogP) is -3.75. The molecule has 0 aliphatic rings. The van der Waals surface area contributed by atoms with Crippen molar-refractivity contribution in [2.75, 3.05) is 5.32 Å². The molecule has 0 aliphatic carbocycles. The molecule has 0 atom stereocenters. The van der Waals surface area contributed by atoms with Crippen LogP contribution >= 0.6 is 0 Å². The van der Waals surface area contributed by atoms with Crippen LogP contribution in [0.1, 0.15) is 0 Å². The number of carbonyl (C=O) groups excluding carboxylic acids is 2. The van der Waals surface area contributed by atoms with Gasteiger partial charge in [-0.05, 0) is 6.07 Å². The number of pyridine rings is 1. The summed E-state index contributed by atoms with van der Waals surface area (Å²) < 4.78 is 1.74. The van der Waals surface area contributed by atoms with Crippen LogP contribution in [0.15, 0.2) is 24.5 Å². The molecular formula is C8H10IN3O2. The van der Waals surface area contributed by atoms with Gasteiger partial charge in [0.15, 0.2) is 12.4 Å². The Labute approximate surface area is 98.5 Å². The predicted molar refractivity (Wildman–Crippen MR) is 45.5 cm³/mol. The fraction of sp³-hybridized carbons (Fsp3) is 0.125. The van der Waals surface area contributed by atoms with E-state index in [9.17, 15) is 9.59 Å². The van der Waals surface area contributed by atoms with Crippen LogP contribution in [0.2, 0.25) is 0 Å². The van der Waals surface area contributed by atoms with Crippen LogP contribution in [0, 0.1) is 0 Å². The average molecular weight is 307 g/mol. The molecule has 0 aliphatic heterocycles. The van der Waals surface area contributed by atoms with Crippen molar-refractivity contribution in [1.82, 2.24) is 5.32 Å². The van der Waals surface area contributed by atoms with E-state index in [2.05, 4.69) is 10.6 Å². The van der Waals surface area contributed by atoms with E-state index in [4.69, 9.17) is 0 Å². The normalized spacial score (nSPS) is 8.29. The number of carbonyl (C=O) groups is 2. The maximum absolute atomic E-state index is 10.1. The van der Waals surface area contributed by atoms with Crippen molar-refractivity contribution in [3.63, 3.8) is 0 Å². The molecule has 5 nitrogen and oxygen atoms in total. The van der Waals surface area contributed by atoms with Gasteiger partial charge in [-0.1, -0.05) is 0 Å². The Kier molecular flexibility index (Phi) is 6.63. The highest BCUT2D eigenvalue weighted by atomic mass is 127. The molecule has 0 spiro atoms. The second kappa shape index (κ2) is 7.25. The smallest absolute Gasteiger partial charge is 0.223 e. The zero-order chi connectivity index (χ0) is 9.52. The number of nitrogens with zero attached hydrogens (tertiary/aromatic N) is 1. The van der Waals surface area contributed by atoms with Gasteiger partial charge in [-0.15, -0.1) is 0 Å². The Hall–Kier alpha value is -1.18. The quantitative estimate of drug-likeness (QED) is 0.334. The van der Waals surface area contributed by atoms with E-state index in [1.165, 1.54) is 0 Å². The minimum absolute atomic E-state index is 0. The van der Waals surface area contributed by atoms with Crippen LogP contribution in [0.4, 0.5) is 5.69 Å². The summed E-state index contributed by atoms with van der Waals surface area (Å²) in [7, 11) is 0. The summed E-state index contributed by atoms with van der Waals surface area (Å²) in [5.41, 5.74) is 0.685. The fourth-order valence-corrected chi connectivity index (χ4v) is 0.916. The van der Waals surface area contributed by atoms with E-state index < -0.39 is 0 Å². The van der Waals surface area contributed by atoms with E-state index >= 15 is 0 Å². The van der Waals surface area contributed by atoms with Crippen LogP contribution in [0.25, 0.3) is 0 Å². The molecule has 0 fully saturated rings. The summed E-state index contributed by atoms with van der Waals surface area (Å²) in [6, 6.07) is 3.53. The van der Waals surface area contributed by atoms with Gasteiger partial charge in [0.25, 0.3) is 0 Å². The number of aromatic nitrogens is 1. The van der Waals surface area contributed by atoms with Gasteiger partial charge >= 0.3 is 0 Å². The van der Waals surface area contributed by atoms with E-state index in [0.29, 0.717) is 25.2 Å². The van der Waals surface area contributed by atoms with Gasteiger partial charge in [-0.3, -0.25) is 9.59 Å². The third-order valence-electron chi connectivity index (χ3n) is 1.44. The molecule has 76 valence electrons. The van der Waals surface area contributed by atoms with Crippen LogP contribution in [0.5, 0.6) is 0 Å². The number of nitrogens with one attached hydrogen (secondary N) is 2. The first-order valence-electron chi connectivity index (χ1n) is 3.73. The fourth-order valence-electron chi connectivity index (χ4n) is 0.916. The summed E-state index contributed by atoms with van der Waals surface area (Å²) in [5.74, 6) is 0. The molecule has 0 saturated heterocycles. The third-order valence-corrected chi connectivity index (χ3v) is 1.44. The van der Waals surface area contributed by atoms with E-state index in [1.807, 2.05) is 0 Å². The number of hydrogen-bond donors (Lipinski definition) is 2. The van der Waals surface area contributed by atoms with Gasteiger partial charge in [-0.2, -0.15) is 4.57 Å². The molecule has 1 aromatic rings. The molecular weight excluding hydrogens is 297 g/mol. The number of rotatable bonds is 5. The van der Waals surface area contributed by atoms with Crippen molar-refractivity contribution < 1.29 is 38.1 Å². The van der Waals surface area contributed by atoms with E-state index in [0.717, 1.165) is 0 Å². The standard InChI is InChI=1S/C8H9N3O2.HI/c12-6-9-5-11-3-1-2-8(4-11)10-7-13;/h1-4,6-7H,5H2,(H-,9,10,12,13);1H. The molecule has 0 saturated carbocycles. The molecule has 6 heteroatoms. The molecule has 1 heterocycles. The van der Waals surface area contributed by atoms with Gasteiger partial charge in [0.05, 0.1) is 0 Å². The molecule has 2 N–H and O–H groups in total. The summed E-state index contributed by atoms with van der Waals surface area (Å²) in [6.45, 7) is 0.387. The lowest BCUT2D eigenvalue weighted by atomic mass is 10.4. The highest BCUT2D eigenvalue weighted by molar-refractivity contribution is 5.69. The van der Waals surface area contributed by atoms with E-state index in [-0.39, 0.29) is 24.0 Å². The van der Waals surface area contributed by atoms with Gasteiger partial charge in [0.2, 0.25) is 19.5 Å². The lowest BCUT2D eigenvalue weighted by Gasteiger charge is -1.97. The Balaban J connectivity index is 0.00000169. The van der Waals surface area contributed by atoms with Crippen molar-refractivity contribution in [2.45, 2.75) is 6.67 Å². The third kappa shape index (κ3) is 4.17. The van der Waals surface area contributed by atoms with Crippen molar-refractivity contribution in [2.24, 2.45) is 0 Å². The van der Waals surface area contributed by atoms with Gasteiger partial charge in [-0.25, -0.2) is 0 Å². The number of halogens is 1. The number of amides is 2. The Morgan fingerprint density at radius 3 is 2.79 bits per heavy atom. The number of hydrogen-bond acceptors (Lipinski definition) is 2. The minimum atomic E-state index is 0. The summed E-state index contributed by atoms with van der Waals surface area (Å²) >= 11 is 0. The SMILES string of the molecule is O=CNC[n+]1cccc(NC=O)c1.[I-]. The van der Waals surface area contributed by atoms with Crippen molar-refractivity contribution in [3.05, 3.63) is 24.5 Å². The molecule has 2 amide bonds. The second-order valence-corrected chi connectivity index (χ2v) is 2.35. The van der Waals surface area contributed by atoms with Crippen LogP contribution < -0.4 is 39.2 Å². The first kappa shape index (κ1) is 12.8. The molecule has 14 heavy (non-hydrogen) atoms. The topological polar surface area (TPSA) is 62.1 Å². The highest BCUT2D eigenvalue weighted by Gasteiger charge is 1.99. The summed E-state index contributed by atoms with van der Waals surface area (Å²) in [4.78, 5) is 20.1. The Morgan fingerprint density at radius 2 is 2.14 bits per heavy atom. The van der Waals surface area contributed by atoms with Crippen LogP contribution in [-0.2, 0) is 16.3 Å². The average Bonchev–Trinajstić information content (AvgIpc) is 2.16. The largest absolute Gasteiger partial charge is 1.00 e. The zero-order valence-corrected chi connectivity index (χ0v) is 9.47. The van der Waals surface area contributed by atoms with Gasteiger partial charge in [0.1, 0.15) is 5.69 Å². The van der Waals surface area contributed by atoms with Crippen molar-refractivity contribution in [3.8, 4) is 0 Å². The second-order valence-electron chi connectivity index (χ2n) is 2.35. The lowest BCUT2D eigenvalue weighted by Crippen LogP contribution is -3.00. The first-order valence-corrected chi connectivity index (χ1v) is 3.73. The highest BCUT2D eigenvalue weighted by Crippen LogP contribution is 1.98. The lowest BCUT2D eigenvalue weighted by molar-refractivity contribution is -0.699. The van der Waals surface area contributed by atoms with Crippen molar-refractivity contribution in [1.29, 1.82) is 0 Å². The zero-order valence-electron chi connectivity index (χ0n) is 7.31. The maximum atomic E-state index is 10.1. The molecule has 0 radical (unpaired) electrons. The molecule has 1 rings (SSSR count). The monoisotopic (exact) mass is 307 g/mol. The molecule has 0 aromatic carbocycles.